The average Bonchev–Trinajstić information content (AvgIpc) is 2.78. The molecule has 2 rings (SSSR count). The van der Waals surface area contributed by atoms with Gasteiger partial charge in [-0.3, -0.25) is 0 Å². The Bertz CT molecular complexity index is 443. The number of nitrogens with zero attached hydrogens (tertiary/aromatic N) is 1. The molecule has 1 heterocycles. The molecule has 1 aromatic heterocycles. The van der Waals surface area contributed by atoms with Crippen LogP contribution < -0.4 is 10.6 Å². The molecular formula is C14H21Cl2N3. The fraction of sp³-hybridized carbons (Fsp3) is 0.643. The number of hydrogen-bond donors (Lipinski definition) is 2. The molecular weight excluding hydrogens is 281 g/mol. The number of aromatic nitrogens is 1. The van der Waals surface area contributed by atoms with E-state index in [0.717, 1.165) is 31.6 Å². The van der Waals surface area contributed by atoms with Crippen LogP contribution in [-0.2, 0) is 0 Å². The van der Waals surface area contributed by atoms with Crippen LogP contribution in [0.15, 0.2) is 6.07 Å². The molecule has 0 saturated heterocycles. The van der Waals surface area contributed by atoms with E-state index in [0.29, 0.717) is 15.9 Å². The molecule has 0 radical (unpaired) electrons. The summed E-state index contributed by atoms with van der Waals surface area (Å²) in [4.78, 5) is 4.53. The maximum Gasteiger partial charge on any atom is 0.147 e. The average molecular weight is 302 g/mol. The molecule has 0 unspecified atom stereocenters. The summed E-state index contributed by atoms with van der Waals surface area (Å²) in [5, 5.41) is 7.87. The number of pyridine rings is 1. The van der Waals surface area contributed by atoms with Gasteiger partial charge in [0, 0.05) is 12.1 Å². The van der Waals surface area contributed by atoms with Gasteiger partial charge in [0.05, 0.1) is 10.0 Å². The van der Waals surface area contributed by atoms with Crippen molar-refractivity contribution in [2.75, 3.05) is 17.2 Å². The third-order valence-electron chi connectivity index (χ3n) is 3.60. The lowest BCUT2D eigenvalue weighted by Gasteiger charge is -2.27. The van der Waals surface area contributed by atoms with Crippen LogP contribution in [0.5, 0.6) is 0 Å². The van der Waals surface area contributed by atoms with Gasteiger partial charge in [-0.05, 0) is 32.3 Å². The number of rotatable bonds is 5. The number of halogens is 2. The van der Waals surface area contributed by atoms with Crippen LogP contribution >= 0.6 is 23.2 Å². The van der Waals surface area contributed by atoms with Crippen molar-refractivity contribution in [2.24, 2.45) is 0 Å². The molecule has 0 aliphatic heterocycles. The summed E-state index contributed by atoms with van der Waals surface area (Å²) in [5.74, 6) is 1.44. The number of hydrogen-bond acceptors (Lipinski definition) is 3. The molecule has 0 amide bonds. The van der Waals surface area contributed by atoms with Gasteiger partial charge in [0.2, 0.25) is 0 Å². The van der Waals surface area contributed by atoms with Crippen LogP contribution in [-0.4, -0.2) is 17.1 Å². The SMILES string of the molecule is CCCNc1nc(NC2(C)CCCC2)c(Cl)cc1Cl. The molecule has 1 saturated carbocycles. The lowest BCUT2D eigenvalue weighted by molar-refractivity contribution is 0.531. The van der Waals surface area contributed by atoms with Crippen molar-refractivity contribution in [2.45, 2.75) is 51.5 Å². The minimum absolute atomic E-state index is 0.104. The topological polar surface area (TPSA) is 37.0 Å². The van der Waals surface area contributed by atoms with Gasteiger partial charge >= 0.3 is 0 Å². The standard InChI is InChI=1S/C14H21Cl2N3/c1-3-8-17-12-10(15)9-11(16)13(18-12)19-14(2)6-4-5-7-14/h9H,3-8H2,1-2H3,(H2,17,18,19). The molecule has 106 valence electrons. The van der Waals surface area contributed by atoms with Crippen LogP contribution in [0.2, 0.25) is 10.0 Å². The van der Waals surface area contributed by atoms with E-state index in [1.807, 2.05) is 0 Å². The summed E-state index contributed by atoms with van der Waals surface area (Å²) in [5.41, 5.74) is 0.104. The van der Waals surface area contributed by atoms with Crippen LogP contribution in [0.3, 0.4) is 0 Å². The second kappa shape index (κ2) is 6.19. The van der Waals surface area contributed by atoms with Crippen LogP contribution in [0.4, 0.5) is 11.6 Å². The third kappa shape index (κ3) is 3.67. The van der Waals surface area contributed by atoms with Crippen molar-refractivity contribution in [1.29, 1.82) is 0 Å². The maximum atomic E-state index is 6.24. The fourth-order valence-corrected chi connectivity index (χ4v) is 2.96. The zero-order valence-corrected chi connectivity index (χ0v) is 13.0. The Kier molecular flexibility index (Phi) is 4.80. The number of nitrogens with one attached hydrogen (secondary N) is 2. The van der Waals surface area contributed by atoms with Crippen molar-refractivity contribution in [1.82, 2.24) is 4.98 Å². The molecule has 0 atom stereocenters. The zero-order chi connectivity index (χ0) is 13.9. The Hall–Kier alpha value is -0.670. The van der Waals surface area contributed by atoms with E-state index in [-0.39, 0.29) is 5.54 Å². The highest BCUT2D eigenvalue weighted by atomic mass is 35.5. The van der Waals surface area contributed by atoms with E-state index in [1.54, 1.807) is 6.07 Å². The van der Waals surface area contributed by atoms with E-state index in [4.69, 9.17) is 23.2 Å². The molecule has 5 heteroatoms. The zero-order valence-electron chi connectivity index (χ0n) is 11.5. The normalized spacial score (nSPS) is 17.5. The lowest BCUT2D eigenvalue weighted by atomic mass is 10.0. The molecule has 0 spiro atoms. The summed E-state index contributed by atoms with van der Waals surface area (Å²) in [6.45, 7) is 5.19. The summed E-state index contributed by atoms with van der Waals surface area (Å²) in [7, 11) is 0. The Morgan fingerprint density at radius 2 is 1.84 bits per heavy atom. The Morgan fingerprint density at radius 1 is 1.21 bits per heavy atom. The van der Waals surface area contributed by atoms with Gasteiger partial charge in [0.1, 0.15) is 11.6 Å². The summed E-state index contributed by atoms with van der Waals surface area (Å²) in [6.07, 6.45) is 5.86. The highest BCUT2D eigenvalue weighted by Crippen LogP contribution is 2.36. The van der Waals surface area contributed by atoms with E-state index < -0.39 is 0 Å². The molecule has 1 aromatic rings. The van der Waals surface area contributed by atoms with Crippen molar-refractivity contribution in [3.05, 3.63) is 16.1 Å². The van der Waals surface area contributed by atoms with E-state index in [1.165, 1.54) is 12.8 Å². The van der Waals surface area contributed by atoms with Crippen LogP contribution in [0.25, 0.3) is 0 Å². The molecule has 1 aliphatic carbocycles. The first kappa shape index (κ1) is 14.7. The Morgan fingerprint density at radius 3 is 2.47 bits per heavy atom. The van der Waals surface area contributed by atoms with Gasteiger partial charge in [-0.2, -0.15) is 0 Å². The van der Waals surface area contributed by atoms with Gasteiger partial charge in [-0.25, -0.2) is 4.98 Å². The first-order valence-corrected chi connectivity index (χ1v) is 7.68. The summed E-state index contributed by atoms with van der Waals surface area (Å²) < 4.78 is 0. The van der Waals surface area contributed by atoms with E-state index in [2.05, 4.69) is 29.5 Å². The van der Waals surface area contributed by atoms with Crippen molar-refractivity contribution in [3.8, 4) is 0 Å². The molecule has 19 heavy (non-hydrogen) atoms. The lowest BCUT2D eigenvalue weighted by Crippen LogP contribution is -2.31. The largest absolute Gasteiger partial charge is 0.369 e. The molecule has 2 N–H and O–H groups in total. The second-order valence-corrected chi connectivity index (χ2v) is 6.28. The predicted molar refractivity (Wildman–Crippen MR) is 83.5 cm³/mol. The monoisotopic (exact) mass is 301 g/mol. The second-order valence-electron chi connectivity index (χ2n) is 5.47. The summed E-state index contributed by atoms with van der Waals surface area (Å²) in [6, 6.07) is 1.76. The van der Waals surface area contributed by atoms with E-state index in [9.17, 15) is 0 Å². The van der Waals surface area contributed by atoms with Crippen molar-refractivity contribution in [3.63, 3.8) is 0 Å². The molecule has 1 fully saturated rings. The molecule has 3 nitrogen and oxygen atoms in total. The van der Waals surface area contributed by atoms with Crippen molar-refractivity contribution >= 4 is 34.8 Å². The van der Waals surface area contributed by atoms with Gasteiger partial charge in [0.15, 0.2) is 0 Å². The molecule has 0 bridgehead atoms. The van der Waals surface area contributed by atoms with Gasteiger partial charge in [-0.15, -0.1) is 0 Å². The third-order valence-corrected chi connectivity index (χ3v) is 4.18. The Labute approximate surface area is 125 Å². The summed E-state index contributed by atoms with van der Waals surface area (Å²) >= 11 is 12.4. The predicted octanol–water partition coefficient (Wildman–Crippen LogP) is 4.95. The van der Waals surface area contributed by atoms with Gasteiger partial charge < -0.3 is 10.6 Å². The smallest absolute Gasteiger partial charge is 0.147 e. The number of anilines is 2. The minimum atomic E-state index is 0.104. The highest BCUT2D eigenvalue weighted by molar-refractivity contribution is 6.37. The van der Waals surface area contributed by atoms with Crippen LogP contribution in [0.1, 0.15) is 46.0 Å². The first-order chi connectivity index (χ1) is 9.04. The quantitative estimate of drug-likeness (QED) is 0.807. The maximum absolute atomic E-state index is 6.24. The van der Waals surface area contributed by atoms with Crippen molar-refractivity contribution < 1.29 is 0 Å². The van der Waals surface area contributed by atoms with E-state index >= 15 is 0 Å². The molecule has 0 aromatic carbocycles. The first-order valence-electron chi connectivity index (χ1n) is 6.92. The Balaban J connectivity index is 2.19. The fourth-order valence-electron chi connectivity index (χ4n) is 2.49. The molecule has 1 aliphatic rings. The van der Waals surface area contributed by atoms with Gasteiger partial charge in [-0.1, -0.05) is 43.0 Å². The van der Waals surface area contributed by atoms with Gasteiger partial charge in [0.25, 0.3) is 0 Å². The minimum Gasteiger partial charge on any atom is -0.369 e. The van der Waals surface area contributed by atoms with Crippen LogP contribution in [0, 0.1) is 0 Å². The highest BCUT2D eigenvalue weighted by Gasteiger charge is 2.29.